The quantitative estimate of drug-likeness (QED) is 0.702. The van der Waals surface area contributed by atoms with Gasteiger partial charge in [-0.25, -0.2) is 0 Å². The lowest BCUT2D eigenvalue weighted by molar-refractivity contribution is -0.149. The maximum absolute atomic E-state index is 11.0. The highest BCUT2D eigenvalue weighted by Crippen LogP contribution is 2.41. The normalized spacial score (nSPS) is 21.1. The van der Waals surface area contributed by atoms with Crippen LogP contribution in [-0.2, 0) is 4.79 Å². The van der Waals surface area contributed by atoms with E-state index in [1.54, 1.807) is 0 Å². The summed E-state index contributed by atoms with van der Waals surface area (Å²) in [5.41, 5.74) is -0.393. The molecule has 1 atom stereocenters. The third kappa shape index (κ3) is 1.79. The SMILES string of the molecule is CCCCC1(C(=O)O)C[CH]CC1. The third-order valence-corrected chi connectivity index (χ3v) is 2.82. The van der Waals surface area contributed by atoms with Gasteiger partial charge < -0.3 is 5.11 Å². The molecule has 1 radical (unpaired) electrons. The second-order valence-electron chi connectivity index (χ2n) is 3.72. The van der Waals surface area contributed by atoms with Crippen LogP contribution in [0.5, 0.6) is 0 Å². The van der Waals surface area contributed by atoms with Gasteiger partial charge in [0.15, 0.2) is 0 Å². The zero-order chi connectivity index (χ0) is 9.03. The van der Waals surface area contributed by atoms with Crippen molar-refractivity contribution in [1.29, 1.82) is 0 Å². The van der Waals surface area contributed by atoms with Crippen LogP contribution in [0.3, 0.4) is 0 Å². The highest BCUT2D eigenvalue weighted by atomic mass is 16.4. The van der Waals surface area contributed by atoms with Gasteiger partial charge in [-0.05, 0) is 32.1 Å². The van der Waals surface area contributed by atoms with Crippen molar-refractivity contribution in [2.45, 2.75) is 45.4 Å². The van der Waals surface area contributed by atoms with Gasteiger partial charge >= 0.3 is 5.97 Å². The number of carbonyl (C=O) groups is 1. The Morgan fingerprint density at radius 1 is 1.67 bits per heavy atom. The van der Waals surface area contributed by atoms with Crippen LogP contribution in [0.4, 0.5) is 0 Å². The molecule has 2 nitrogen and oxygen atoms in total. The minimum Gasteiger partial charge on any atom is -0.481 e. The van der Waals surface area contributed by atoms with Crippen LogP contribution < -0.4 is 0 Å². The molecule has 1 fully saturated rings. The Balaban J connectivity index is 2.53. The number of carboxylic acid groups (broad SMARTS) is 1. The summed E-state index contributed by atoms with van der Waals surface area (Å²) >= 11 is 0. The largest absolute Gasteiger partial charge is 0.481 e. The molecule has 2 heteroatoms. The smallest absolute Gasteiger partial charge is 0.309 e. The van der Waals surface area contributed by atoms with E-state index in [1.165, 1.54) is 0 Å². The average Bonchev–Trinajstić information content (AvgIpc) is 2.50. The van der Waals surface area contributed by atoms with Gasteiger partial charge in [0.1, 0.15) is 0 Å². The Morgan fingerprint density at radius 2 is 2.42 bits per heavy atom. The predicted octanol–water partition coefficient (Wildman–Crippen LogP) is 2.64. The molecule has 69 valence electrons. The predicted molar refractivity (Wildman–Crippen MR) is 47.7 cm³/mol. The van der Waals surface area contributed by atoms with E-state index >= 15 is 0 Å². The lowest BCUT2D eigenvalue weighted by Crippen LogP contribution is -2.27. The zero-order valence-corrected chi connectivity index (χ0v) is 7.68. The van der Waals surface area contributed by atoms with Crippen LogP contribution in [0.1, 0.15) is 45.4 Å². The Bertz CT molecular complexity index is 157. The van der Waals surface area contributed by atoms with Crippen molar-refractivity contribution in [3.05, 3.63) is 6.42 Å². The molecule has 0 aromatic carbocycles. The Hall–Kier alpha value is -0.530. The van der Waals surface area contributed by atoms with Gasteiger partial charge in [0, 0.05) is 0 Å². The number of hydrogen-bond donors (Lipinski definition) is 1. The van der Waals surface area contributed by atoms with Crippen LogP contribution in [0, 0.1) is 11.8 Å². The average molecular weight is 169 g/mol. The molecule has 1 aliphatic rings. The molecule has 0 bridgehead atoms. The fraction of sp³-hybridized carbons (Fsp3) is 0.800. The summed E-state index contributed by atoms with van der Waals surface area (Å²) in [6.45, 7) is 2.11. The van der Waals surface area contributed by atoms with Gasteiger partial charge in [-0.3, -0.25) is 4.79 Å². The molecule has 0 saturated heterocycles. The van der Waals surface area contributed by atoms with Gasteiger partial charge in [-0.2, -0.15) is 0 Å². The number of carboxylic acids is 1. The monoisotopic (exact) mass is 169 g/mol. The van der Waals surface area contributed by atoms with E-state index in [-0.39, 0.29) is 0 Å². The zero-order valence-electron chi connectivity index (χ0n) is 7.68. The Morgan fingerprint density at radius 3 is 2.83 bits per heavy atom. The first kappa shape index (κ1) is 9.56. The number of hydrogen-bond acceptors (Lipinski definition) is 1. The molecule has 0 aliphatic heterocycles. The molecule has 12 heavy (non-hydrogen) atoms. The number of rotatable bonds is 4. The molecular weight excluding hydrogens is 152 g/mol. The fourth-order valence-corrected chi connectivity index (χ4v) is 1.90. The van der Waals surface area contributed by atoms with E-state index < -0.39 is 11.4 Å². The van der Waals surface area contributed by atoms with Crippen LogP contribution >= 0.6 is 0 Å². The van der Waals surface area contributed by atoms with E-state index in [1.807, 2.05) is 0 Å². The molecule has 1 rings (SSSR count). The van der Waals surface area contributed by atoms with Crippen LogP contribution in [0.25, 0.3) is 0 Å². The van der Waals surface area contributed by atoms with E-state index in [4.69, 9.17) is 5.11 Å². The second kappa shape index (κ2) is 3.92. The van der Waals surface area contributed by atoms with Gasteiger partial charge in [0.25, 0.3) is 0 Å². The fourth-order valence-electron chi connectivity index (χ4n) is 1.90. The Labute approximate surface area is 74.0 Å². The van der Waals surface area contributed by atoms with Gasteiger partial charge in [-0.15, -0.1) is 0 Å². The summed E-state index contributed by atoms with van der Waals surface area (Å²) in [6.07, 6.45) is 7.72. The van der Waals surface area contributed by atoms with Crippen molar-refractivity contribution >= 4 is 5.97 Å². The maximum Gasteiger partial charge on any atom is 0.309 e. The van der Waals surface area contributed by atoms with Gasteiger partial charge in [0.05, 0.1) is 5.41 Å². The minimum absolute atomic E-state index is 0.393. The van der Waals surface area contributed by atoms with Crippen LogP contribution in [0.15, 0.2) is 0 Å². The number of unbranched alkanes of at least 4 members (excludes halogenated alkanes) is 1. The summed E-state index contributed by atoms with van der Waals surface area (Å²) in [6, 6.07) is 0. The Kier molecular flexibility index (Phi) is 3.12. The maximum atomic E-state index is 11.0. The van der Waals surface area contributed by atoms with Crippen molar-refractivity contribution in [2.24, 2.45) is 5.41 Å². The van der Waals surface area contributed by atoms with E-state index in [9.17, 15) is 4.79 Å². The highest BCUT2D eigenvalue weighted by Gasteiger charge is 2.40. The summed E-state index contributed by atoms with van der Waals surface area (Å²) in [7, 11) is 0. The highest BCUT2D eigenvalue weighted by molar-refractivity contribution is 5.75. The van der Waals surface area contributed by atoms with Crippen molar-refractivity contribution in [2.75, 3.05) is 0 Å². The lowest BCUT2D eigenvalue weighted by Gasteiger charge is -2.22. The lowest BCUT2D eigenvalue weighted by atomic mass is 9.81. The van der Waals surface area contributed by atoms with E-state index in [2.05, 4.69) is 13.3 Å². The first-order valence-corrected chi connectivity index (χ1v) is 4.76. The first-order chi connectivity index (χ1) is 5.71. The van der Waals surface area contributed by atoms with Crippen molar-refractivity contribution in [1.82, 2.24) is 0 Å². The third-order valence-electron chi connectivity index (χ3n) is 2.82. The summed E-state index contributed by atoms with van der Waals surface area (Å²) in [5.74, 6) is -0.593. The molecular formula is C10H17O2. The van der Waals surface area contributed by atoms with Crippen molar-refractivity contribution in [3.8, 4) is 0 Å². The van der Waals surface area contributed by atoms with Crippen molar-refractivity contribution in [3.63, 3.8) is 0 Å². The summed E-state index contributed by atoms with van der Waals surface area (Å²) in [5, 5.41) is 9.07. The summed E-state index contributed by atoms with van der Waals surface area (Å²) in [4.78, 5) is 11.0. The van der Waals surface area contributed by atoms with Crippen molar-refractivity contribution < 1.29 is 9.90 Å². The molecule has 1 saturated carbocycles. The van der Waals surface area contributed by atoms with Crippen LogP contribution in [-0.4, -0.2) is 11.1 Å². The molecule has 0 spiro atoms. The topological polar surface area (TPSA) is 37.3 Å². The van der Waals surface area contributed by atoms with E-state index in [0.29, 0.717) is 0 Å². The molecule has 0 aromatic rings. The van der Waals surface area contributed by atoms with Gasteiger partial charge in [-0.1, -0.05) is 19.8 Å². The number of aliphatic carboxylic acids is 1. The standard InChI is InChI=1S/C10H17O2/c1-2-3-6-10(9(11)12)7-4-5-8-10/h4H,2-3,5-8H2,1H3,(H,11,12). The second-order valence-corrected chi connectivity index (χ2v) is 3.72. The van der Waals surface area contributed by atoms with E-state index in [0.717, 1.165) is 38.5 Å². The van der Waals surface area contributed by atoms with Gasteiger partial charge in [0.2, 0.25) is 0 Å². The summed E-state index contributed by atoms with van der Waals surface area (Å²) < 4.78 is 0. The molecule has 0 amide bonds. The molecule has 0 heterocycles. The molecule has 1 N–H and O–H groups in total. The molecule has 1 unspecified atom stereocenters. The first-order valence-electron chi connectivity index (χ1n) is 4.76. The minimum atomic E-state index is -0.593. The van der Waals surface area contributed by atoms with Crippen LogP contribution in [0.2, 0.25) is 0 Å². The molecule has 0 aromatic heterocycles. The molecule has 1 aliphatic carbocycles.